The lowest BCUT2D eigenvalue weighted by atomic mass is 10.2. The number of aromatic nitrogens is 1. The van der Waals surface area contributed by atoms with E-state index in [1.54, 1.807) is 0 Å². The molecule has 0 radical (unpaired) electrons. The molecule has 15 heavy (non-hydrogen) atoms. The first-order valence-corrected chi connectivity index (χ1v) is 5.14. The molecule has 0 saturated heterocycles. The van der Waals surface area contributed by atoms with E-state index in [4.69, 9.17) is 27.6 Å². The van der Waals surface area contributed by atoms with Crippen molar-refractivity contribution in [3.63, 3.8) is 0 Å². The number of para-hydroxylation sites is 1. The minimum absolute atomic E-state index is 0.476. The third-order valence-corrected chi connectivity index (χ3v) is 2.98. The number of nitrogens with zero attached hydrogens (tertiary/aromatic N) is 1. The summed E-state index contributed by atoms with van der Waals surface area (Å²) in [6.07, 6.45) is 1.45. The Hall–Kier alpha value is -1.25. The van der Waals surface area contributed by atoms with E-state index in [0.29, 0.717) is 21.1 Å². The Labute approximate surface area is 95.4 Å². The second-order valence-corrected chi connectivity index (χ2v) is 3.99. The van der Waals surface area contributed by atoms with Gasteiger partial charge in [-0.25, -0.2) is 4.98 Å². The molecule has 2 nitrogen and oxygen atoms in total. The number of rotatable bonds is 0. The van der Waals surface area contributed by atoms with Crippen LogP contribution in [0.2, 0.25) is 10.0 Å². The largest absolute Gasteiger partial charge is 0.444 e. The van der Waals surface area contributed by atoms with Crippen molar-refractivity contribution in [2.75, 3.05) is 0 Å². The van der Waals surface area contributed by atoms with E-state index in [-0.39, 0.29) is 0 Å². The number of pyridine rings is 1. The summed E-state index contributed by atoms with van der Waals surface area (Å²) in [4.78, 5) is 4.32. The van der Waals surface area contributed by atoms with Crippen molar-refractivity contribution in [2.45, 2.75) is 0 Å². The SMILES string of the molecule is Clc1coc2nc3ccccc3c(Cl)c12. The predicted molar refractivity (Wildman–Crippen MR) is 61.5 cm³/mol. The average Bonchev–Trinajstić information content (AvgIpc) is 2.61. The van der Waals surface area contributed by atoms with Crippen LogP contribution in [0.1, 0.15) is 0 Å². The molecular weight excluding hydrogens is 233 g/mol. The van der Waals surface area contributed by atoms with Gasteiger partial charge in [0.15, 0.2) is 0 Å². The summed E-state index contributed by atoms with van der Waals surface area (Å²) in [5.41, 5.74) is 1.28. The molecule has 0 aliphatic carbocycles. The molecule has 0 unspecified atom stereocenters. The van der Waals surface area contributed by atoms with Crippen LogP contribution in [0.15, 0.2) is 34.9 Å². The Kier molecular flexibility index (Phi) is 1.87. The summed E-state index contributed by atoms with van der Waals surface area (Å²) < 4.78 is 5.21. The zero-order valence-electron chi connectivity index (χ0n) is 7.50. The Morgan fingerprint density at radius 1 is 1.13 bits per heavy atom. The highest BCUT2D eigenvalue weighted by Crippen LogP contribution is 2.35. The van der Waals surface area contributed by atoms with E-state index < -0.39 is 0 Å². The Balaban J connectivity index is 2.62. The van der Waals surface area contributed by atoms with Gasteiger partial charge >= 0.3 is 0 Å². The Morgan fingerprint density at radius 3 is 2.80 bits per heavy atom. The van der Waals surface area contributed by atoms with Crippen molar-refractivity contribution in [3.05, 3.63) is 40.6 Å². The molecule has 0 aliphatic heterocycles. The smallest absolute Gasteiger partial charge is 0.229 e. The quantitative estimate of drug-likeness (QED) is 0.583. The first-order chi connectivity index (χ1) is 7.27. The summed E-state index contributed by atoms with van der Waals surface area (Å²) in [7, 11) is 0. The van der Waals surface area contributed by atoms with Crippen LogP contribution < -0.4 is 0 Å². The van der Waals surface area contributed by atoms with Gasteiger partial charge in [0.05, 0.1) is 20.9 Å². The summed E-state index contributed by atoms with van der Waals surface area (Å²) in [5.74, 6) is 0. The topological polar surface area (TPSA) is 26.0 Å². The molecule has 0 fully saturated rings. The van der Waals surface area contributed by atoms with Gasteiger partial charge in [-0.1, -0.05) is 41.4 Å². The van der Waals surface area contributed by atoms with Gasteiger partial charge in [-0.2, -0.15) is 0 Å². The normalized spacial score (nSPS) is 11.3. The summed E-state index contributed by atoms with van der Waals surface area (Å²) in [6.45, 7) is 0. The van der Waals surface area contributed by atoms with Gasteiger partial charge in [-0.05, 0) is 6.07 Å². The maximum Gasteiger partial charge on any atom is 0.229 e. The summed E-state index contributed by atoms with van der Waals surface area (Å²) in [6, 6.07) is 7.61. The number of fused-ring (bicyclic) bond motifs is 2. The molecule has 0 amide bonds. The third-order valence-electron chi connectivity index (χ3n) is 2.31. The molecule has 0 N–H and O–H groups in total. The fraction of sp³-hybridized carbons (Fsp3) is 0. The third kappa shape index (κ3) is 1.22. The molecule has 2 aromatic heterocycles. The average molecular weight is 238 g/mol. The molecule has 2 heterocycles. The van der Waals surface area contributed by atoms with Gasteiger partial charge in [0, 0.05) is 5.39 Å². The van der Waals surface area contributed by atoms with Crippen molar-refractivity contribution in [2.24, 2.45) is 0 Å². The number of furan rings is 1. The number of halogens is 2. The van der Waals surface area contributed by atoms with Crippen molar-refractivity contribution in [3.8, 4) is 0 Å². The van der Waals surface area contributed by atoms with E-state index >= 15 is 0 Å². The van der Waals surface area contributed by atoms with Gasteiger partial charge in [-0.15, -0.1) is 0 Å². The van der Waals surface area contributed by atoms with Crippen molar-refractivity contribution in [1.29, 1.82) is 0 Å². The molecule has 1 aromatic carbocycles. The molecule has 0 atom stereocenters. The van der Waals surface area contributed by atoms with Crippen LogP contribution in [-0.2, 0) is 0 Å². The molecule has 0 saturated carbocycles. The van der Waals surface area contributed by atoms with E-state index in [9.17, 15) is 0 Å². The van der Waals surface area contributed by atoms with Crippen LogP contribution in [0.4, 0.5) is 0 Å². The lowest BCUT2D eigenvalue weighted by Gasteiger charge is -2.00. The maximum absolute atomic E-state index is 6.24. The van der Waals surface area contributed by atoms with Crippen LogP contribution in [-0.4, -0.2) is 4.98 Å². The molecule has 4 heteroatoms. The highest BCUT2D eigenvalue weighted by Gasteiger charge is 2.12. The minimum Gasteiger partial charge on any atom is -0.444 e. The zero-order chi connectivity index (χ0) is 10.4. The Morgan fingerprint density at radius 2 is 1.93 bits per heavy atom. The van der Waals surface area contributed by atoms with Gasteiger partial charge in [0.1, 0.15) is 6.26 Å². The first kappa shape index (κ1) is 9.01. The highest BCUT2D eigenvalue weighted by molar-refractivity contribution is 6.44. The number of hydrogen-bond acceptors (Lipinski definition) is 2. The molecule has 0 spiro atoms. The van der Waals surface area contributed by atoms with E-state index in [2.05, 4.69) is 4.98 Å². The lowest BCUT2D eigenvalue weighted by Crippen LogP contribution is -1.80. The number of hydrogen-bond donors (Lipinski definition) is 0. The first-order valence-electron chi connectivity index (χ1n) is 4.38. The predicted octanol–water partition coefficient (Wildman–Crippen LogP) is 4.29. The van der Waals surface area contributed by atoms with Crippen LogP contribution >= 0.6 is 23.2 Å². The van der Waals surface area contributed by atoms with Crippen molar-refractivity contribution >= 4 is 45.2 Å². The summed E-state index contributed by atoms with van der Waals surface area (Å²) in [5, 5.41) is 2.65. The standard InChI is InChI=1S/C11H5Cl2NO/c12-7-5-15-11-9(7)10(13)6-3-1-2-4-8(6)14-11/h1-5H. The van der Waals surface area contributed by atoms with Crippen LogP contribution in [0.5, 0.6) is 0 Å². The van der Waals surface area contributed by atoms with E-state index in [0.717, 1.165) is 10.9 Å². The fourth-order valence-electron chi connectivity index (χ4n) is 1.61. The van der Waals surface area contributed by atoms with Crippen LogP contribution in [0.3, 0.4) is 0 Å². The Bertz CT molecular complexity index is 660. The van der Waals surface area contributed by atoms with Gasteiger partial charge < -0.3 is 4.42 Å². The second-order valence-electron chi connectivity index (χ2n) is 3.21. The molecule has 74 valence electrons. The molecule has 3 aromatic rings. The molecular formula is C11H5Cl2NO. The molecule has 3 rings (SSSR count). The monoisotopic (exact) mass is 237 g/mol. The lowest BCUT2D eigenvalue weighted by molar-refractivity contribution is 0.605. The highest BCUT2D eigenvalue weighted by atomic mass is 35.5. The van der Waals surface area contributed by atoms with E-state index in [1.807, 2.05) is 24.3 Å². The molecule has 0 aliphatic rings. The number of benzene rings is 1. The van der Waals surface area contributed by atoms with Gasteiger partial charge in [-0.3, -0.25) is 0 Å². The zero-order valence-corrected chi connectivity index (χ0v) is 9.01. The van der Waals surface area contributed by atoms with Crippen LogP contribution in [0.25, 0.3) is 22.0 Å². The fourth-order valence-corrected chi connectivity index (χ4v) is 2.22. The summed E-state index contributed by atoms with van der Waals surface area (Å²) >= 11 is 12.2. The minimum atomic E-state index is 0.476. The van der Waals surface area contributed by atoms with Gasteiger partial charge in [0.2, 0.25) is 5.71 Å². The van der Waals surface area contributed by atoms with Crippen LogP contribution in [0, 0.1) is 0 Å². The second kappa shape index (κ2) is 3.12. The van der Waals surface area contributed by atoms with E-state index in [1.165, 1.54) is 6.26 Å². The van der Waals surface area contributed by atoms with Gasteiger partial charge in [0.25, 0.3) is 0 Å². The maximum atomic E-state index is 6.24. The molecule has 0 bridgehead atoms. The van der Waals surface area contributed by atoms with Crippen molar-refractivity contribution < 1.29 is 4.42 Å². The van der Waals surface area contributed by atoms with Crippen molar-refractivity contribution in [1.82, 2.24) is 4.98 Å².